The second kappa shape index (κ2) is 9.26. The molecule has 1 heterocycles. The fourth-order valence-electron chi connectivity index (χ4n) is 2.34. The van der Waals surface area contributed by atoms with Gasteiger partial charge in [0.25, 0.3) is 5.56 Å². The number of nitrogens with one attached hydrogen (secondary N) is 2. The third kappa shape index (κ3) is 5.13. The van der Waals surface area contributed by atoms with Gasteiger partial charge in [-0.15, -0.1) is 11.8 Å². The number of aromatic nitrogens is 2. The molecule has 1 aromatic carbocycles. The predicted octanol–water partition coefficient (Wildman–Crippen LogP) is 0.851. The number of aromatic amines is 1. The van der Waals surface area contributed by atoms with Crippen molar-refractivity contribution in [2.75, 3.05) is 27.1 Å². The van der Waals surface area contributed by atoms with Crippen molar-refractivity contribution in [3.05, 3.63) is 28.3 Å². The van der Waals surface area contributed by atoms with Crippen LogP contribution in [0, 0.1) is 0 Å². The number of carbonyl (C=O) groups is 2. The van der Waals surface area contributed by atoms with Gasteiger partial charge >= 0.3 is 5.97 Å². The zero-order chi connectivity index (χ0) is 20.0. The molecule has 0 saturated carbocycles. The Labute approximate surface area is 159 Å². The lowest BCUT2D eigenvalue weighted by atomic mass is 10.2. The Morgan fingerprint density at radius 2 is 1.89 bits per heavy atom. The van der Waals surface area contributed by atoms with E-state index < -0.39 is 12.0 Å². The maximum Gasteiger partial charge on any atom is 0.328 e. The van der Waals surface area contributed by atoms with E-state index in [4.69, 9.17) is 9.47 Å². The third-order valence-corrected chi connectivity index (χ3v) is 4.61. The van der Waals surface area contributed by atoms with Crippen LogP contribution in [-0.2, 0) is 20.1 Å². The number of esters is 1. The van der Waals surface area contributed by atoms with Crippen LogP contribution in [0.1, 0.15) is 12.7 Å². The van der Waals surface area contributed by atoms with Crippen molar-refractivity contribution >= 4 is 34.5 Å². The van der Waals surface area contributed by atoms with Gasteiger partial charge in [0.2, 0.25) is 5.91 Å². The summed E-state index contributed by atoms with van der Waals surface area (Å²) in [7, 11) is 4.25. The standard InChI is InChI=1S/C17H21N3O6S/c1-9(17(23)26-4)18-15(21)8-27-7-14-19-11-6-13(25-3)12(24-2)5-10(11)16(22)20-14/h5-6,9H,7-8H2,1-4H3,(H,18,21)(H,19,20,22)/t9-/m1/s1. The fraction of sp³-hybridized carbons (Fsp3) is 0.412. The number of hydrogen-bond acceptors (Lipinski definition) is 8. The number of nitrogens with zero attached hydrogens (tertiary/aromatic N) is 1. The van der Waals surface area contributed by atoms with Crippen LogP contribution in [0.15, 0.2) is 16.9 Å². The summed E-state index contributed by atoms with van der Waals surface area (Å²) in [5, 5.41) is 2.91. The minimum atomic E-state index is -0.718. The molecule has 2 aromatic rings. The Balaban J connectivity index is 2.06. The molecule has 0 aliphatic heterocycles. The number of ether oxygens (including phenoxy) is 3. The lowest BCUT2D eigenvalue weighted by Gasteiger charge is -2.11. The van der Waals surface area contributed by atoms with Crippen molar-refractivity contribution in [2.45, 2.75) is 18.7 Å². The van der Waals surface area contributed by atoms with E-state index in [1.807, 2.05) is 0 Å². The highest BCUT2D eigenvalue weighted by atomic mass is 32.2. The molecule has 10 heteroatoms. The van der Waals surface area contributed by atoms with Crippen LogP contribution in [0.4, 0.5) is 0 Å². The van der Waals surface area contributed by atoms with Crippen molar-refractivity contribution in [3.8, 4) is 11.5 Å². The molecule has 2 N–H and O–H groups in total. The van der Waals surface area contributed by atoms with Gasteiger partial charge in [-0.05, 0) is 13.0 Å². The van der Waals surface area contributed by atoms with E-state index in [1.165, 1.54) is 33.1 Å². The number of benzene rings is 1. The molecule has 0 aliphatic rings. The monoisotopic (exact) mass is 395 g/mol. The third-order valence-electron chi connectivity index (χ3n) is 3.66. The average molecular weight is 395 g/mol. The van der Waals surface area contributed by atoms with Crippen molar-refractivity contribution in [1.29, 1.82) is 0 Å². The zero-order valence-corrected chi connectivity index (χ0v) is 16.3. The molecule has 0 aliphatic carbocycles. The topological polar surface area (TPSA) is 120 Å². The first-order valence-electron chi connectivity index (χ1n) is 7.99. The minimum absolute atomic E-state index is 0.106. The van der Waals surface area contributed by atoms with Crippen LogP contribution in [0.25, 0.3) is 10.9 Å². The summed E-state index contributed by atoms with van der Waals surface area (Å²) in [6.07, 6.45) is 0. The molecule has 2 rings (SSSR count). The van der Waals surface area contributed by atoms with Crippen LogP contribution in [0.2, 0.25) is 0 Å². The minimum Gasteiger partial charge on any atom is -0.493 e. The molecule has 1 atom stereocenters. The number of thioether (sulfide) groups is 1. The molecule has 0 fully saturated rings. The lowest BCUT2D eigenvalue weighted by molar-refractivity contribution is -0.144. The van der Waals surface area contributed by atoms with Gasteiger partial charge in [0.1, 0.15) is 11.9 Å². The summed E-state index contributed by atoms with van der Waals surface area (Å²) in [4.78, 5) is 42.5. The molecule has 0 radical (unpaired) electrons. The van der Waals surface area contributed by atoms with Crippen LogP contribution >= 0.6 is 11.8 Å². The van der Waals surface area contributed by atoms with Crippen molar-refractivity contribution in [1.82, 2.24) is 15.3 Å². The van der Waals surface area contributed by atoms with Crippen LogP contribution in [-0.4, -0.2) is 55.0 Å². The second-order valence-corrected chi connectivity index (χ2v) is 6.53. The summed E-state index contributed by atoms with van der Waals surface area (Å²) >= 11 is 1.26. The molecule has 0 unspecified atom stereocenters. The maximum absolute atomic E-state index is 12.3. The second-order valence-electron chi connectivity index (χ2n) is 5.54. The summed E-state index contributed by atoms with van der Waals surface area (Å²) in [6.45, 7) is 1.54. The van der Waals surface area contributed by atoms with Gasteiger partial charge in [0, 0.05) is 6.07 Å². The number of H-pyrrole nitrogens is 1. The highest BCUT2D eigenvalue weighted by Crippen LogP contribution is 2.30. The molecule has 146 valence electrons. The molecular formula is C17H21N3O6S. The molecule has 1 aromatic heterocycles. The summed E-state index contributed by atoms with van der Waals surface area (Å²) in [6, 6.07) is 2.48. The number of fused-ring (bicyclic) bond motifs is 1. The highest BCUT2D eigenvalue weighted by Gasteiger charge is 2.16. The van der Waals surface area contributed by atoms with Crippen LogP contribution < -0.4 is 20.3 Å². The SMILES string of the molecule is COC(=O)[C@@H](C)NC(=O)CSCc1nc2cc(OC)c(OC)cc2c(=O)[nH]1. The summed E-state index contributed by atoms with van der Waals surface area (Å²) < 4.78 is 15.0. The van der Waals surface area contributed by atoms with Gasteiger partial charge in [-0.3, -0.25) is 9.59 Å². The van der Waals surface area contributed by atoms with Gasteiger partial charge in [-0.2, -0.15) is 0 Å². The number of amides is 1. The first kappa shape index (κ1) is 20.6. The number of carbonyl (C=O) groups excluding carboxylic acids is 2. The van der Waals surface area contributed by atoms with Crippen molar-refractivity contribution < 1.29 is 23.8 Å². The predicted molar refractivity (Wildman–Crippen MR) is 101 cm³/mol. The van der Waals surface area contributed by atoms with E-state index in [0.717, 1.165) is 0 Å². The Hall–Kier alpha value is -2.75. The Morgan fingerprint density at radius 1 is 1.22 bits per heavy atom. The number of methoxy groups -OCH3 is 3. The van der Waals surface area contributed by atoms with Crippen molar-refractivity contribution in [2.24, 2.45) is 0 Å². The normalized spacial score (nSPS) is 11.7. The smallest absolute Gasteiger partial charge is 0.328 e. The van der Waals surface area contributed by atoms with Gasteiger partial charge in [0.05, 0.1) is 43.7 Å². The molecule has 0 saturated heterocycles. The molecular weight excluding hydrogens is 374 g/mol. The fourth-order valence-corrected chi connectivity index (χ4v) is 3.04. The van der Waals surface area contributed by atoms with Gasteiger partial charge < -0.3 is 24.5 Å². The van der Waals surface area contributed by atoms with E-state index >= 15 is 0 Å². The van der Waals surface area contributed by atoms with Gasteiger partial charge in [0.15, 0.2) is 11.5 Å². The van der Waals surface area contributed by atoms with Gasteiger partial charge in [-0.1, -0.05) is 0 Å². The first-order valence-corrected chi connectivity index (χ1v) is 9.15. The quantitative estimate of drug-likeness (QED) is 0.632. The molecule has 9 nitrogen and oxygen atoms in total. The van der Waals surface area contributed by atoms with E-state index in [1.54, 1.807) is 19.1 Å². The van der Waals surface area contributed by atoms with E-state index in [9.17, 15) is 14.4 Å². The maximum atomic E-state index is 12.3. The van der Waals surface area contributed by atoms with E-state index in [0.29, 0.717) is 34.0 Å². The van der Waals surface area contributed by atoms with E-state index in [-0.39, 0.29) is 17.2 Å². The Kier molecular flexibility index (Phi) is 7.05. The molecule has 0 bridgehead atoms. The molecule has 1 amide bonds. The Bertz CT molecular complexity index is 898. The first-order chi connectivity index (χ1) is 12.9. The van der Waals surface area contributed by atoms with Crippen LogP contribution in [0.5, 0.6) is 11.5 Å². The largest absolute Gasteiger partial charge is 0.493 e. The van der Waals surface area contributed by atoms with Crippen molar-refractivity contribution in [3.63, 3.8) is 0 Å². The number of rotatable bonds is 8. The summed E-state index contributed by atoms with van der Waals surface area (Å²) in [5.74, 6) is 0.937. The average Bonchev–Trinajstić information content (AvgIpc) is 2.66. The highest BCUT2D eigenvalue weighted by molar-refractivity contribution is 7.99. The summed E-state index contributed by atoms with van der Waals surface area (Å²) in [5.41, 5.74) is 0.163. The lowest BCUT2D eigenvalue weighted by Crippen LogP contribution is -2.40. The molecule has 0 spiro atoms. The number of hydrogen-bond donors (Lipinski definition) is 2. The zero-order valence-electron chi connectivity index (χ0n) is 15.5. The molecule has 27 heavy (non-hydrogen) atoms. The Morgan fingerprint density at radius 3 is 2.52 bits per heavy atom. The van der Waals surface area contributed by atoms with Crippen LogP contribution in [0.3, 0.4) is 0 Å². The van der Waals surface area contributed by atoms with E-state index in [2.05, 4.69) is 20.0 Å². The van der Waals surface area contributed by atoms with Gasteiger partial charge in [-0.25, -0.2) is 9.78 Å².